The standard InChI is InChI=1S/C24H23N3O6S/c1-30-18-10-14(11-19(31-2)22(18)32-3)23(29)26-13-21(28)25-12-15-8-9-17(33-15)24-27-16-6-4-5-7-20(16)34-24/h4-11H,12-13H2,1-3H3,(H,25,28)(H,26,29). The van der Waals surface area contributed by atoms with Crippen LogP contribution < -0.4 is 24.8 Å². The Morgan fingerprint density at radius 2 is 1.71 bits per heavy atom. The lowest BCUT2D eigenvalue weighted by Gasteiger charge is -2.14. The van der Waals surface area contributed by atoms with Gasteiger partial charge in [0.2, 0.25) is 11.7 Å². The van der Waals surface area contributed by atoms with Crippen LogP contribution in [0.2, 0.25) is 0 Å². The molecular weight excluding hydrogens is 458 g/mol. The van der Waals surface area contributed by atoms with Crippen LogP contribution in [0.3, 0.4) is 0 Å². The Kier molecular flexibility index (Phi) is 6.98. The van der Waals surface area contributed by atoms with E-state index in [9.17, 15) is 9.59 Å². The van der Waals surface area contributed by atoms with Crippen LogP contribution in [0.15, 0.2) is 52.9 Å². The lowest BCUT2D eigenvalue weighted by atomic mass is 10.1. The first-order valence-corrected chi connectivity index (χ1v) is 11.1. The molecule has 4 rings (SSSR count). The second kappa shape index (κ2) is 10.3. The first-order valence-electron chi connectivity index (χ1n) is 10.3. The van der Waals surface area contributed by atoms with Crippen molar-refractivity contribution >= 4 is 33.4 Å². The van der Waals surface area contributed by atoms with Gasteiger partial charge in [0.15, 0.2) is 22.3 Å². The Balaban J connectivity index is 1.32. The minimum absolute atomic E-state index is 0.184. The summed E-state index contributed by atoms with van der Waals surface area (Å²) in [6.45, 7) is -0.0231. The number of ether oxygens (including phenoxy) is 3. The van der Waals surface area contributed by atoms with Crippen molar-refractivity contribution in [3.8, 4) is 28.0 Å². The number of benzene rings is 2. The van der Waals surface area contributed by atoms with E-state index in [-0.39, 0.29) is 24.6 Å². The number of para-hydroxylation sites is 1. The maximum Gasteiger partial charge on any atom is 0.251 e. The summed E-state index contributed by atoms with van der Waals surface area (Å²) in [5.41, 5.74) is 1.19. The first kappa shape index (κ1) is 23.1. The minimum atomic E-state index is -0.453. The molecule has 0 aliphatic rings. The topological polar surface area (TPSA) is 112 Å². The van der Waals surface area contributed by atoms with E-state index in [4.69, 9.17) is 18.6 Å². The number of amides is 2. The zero-order valence-electron chi connectivity index (χ0n) is 18.8. The maximum absolute atomic E-state index is 12.5. The number of carbonyl (C=O) groups excluding carboxylic acids is 2. The predicted molar refractivity (Wildman–Crippen MR) is 128 cm³/mol. The monoisotopic (exact) mass is 481 g/mol. The van der Waals surface area contributed by atoms with Crippen LogP contribution in [-0.2, 0) is 11.3 Å². The number of hydrogen-bond donors (Lipinski definition) is 2. The van der Waals surface area contributed by atoms with Crippen molar-refractivity contribution in [2.24, 2.45) is 0 Å². The number of nitrogens with one attached hydrogen (secondary N) is 2. The van der Waals surface area contributed by atoms with Crippen molar-refractivity contribution in [3.63, 3.8) is 0 Å². The molecule has 0 unspecified atom stereocenters. The Morgan fingerprint density at radius 3 is 2.38 bits per heavy atom. The van der Waals surface area contributed by atoms with Crippen molar-refractivity contribution in [1.82, 2.24) is 15.6 Å². The highest BCUT2D eigenvalue weighted by Gasteiger charge is 2.17. The minimum Gasteiger partial charge on any atom is -0.493 e. The number of carbonyl (C=O) groups is 2. The number of thiazole rings is 1. The highest BCUT2D eigenvalue weighted by atomic mass is 32.1. The summed E-state index contributed by atoms with van der Waals surface area (Å²) in [4.78, 5) is 29.3. The molecule has 0 fully saturated rings. The van der Waals surface area contributed by atoms with Crippen LogP contribution in [0, 0.1) is 0 Å². The Bertz CT molecular complexity index is 1270. The molecule has 176 valence electrons. The largest absolute Gasteiger partial charge is 0.493 e. The second-order valence-electron chi connectivity index (χ2n) is 7.13. The van der Waals surface area contributed by atoms with Gasteiger partial charge >= 0.3 is 0 Å². The SMILES string of the molecule is COc1cc(C(=O)NCC(=O)NCc2ccc(-c3nc4ccccc4s3)o2)cc(OC)c1OC. The van der Waals surface area contributed by atoms with Crippen LogP contribution in [0.4, 0.5) is 0 Å². The Labute approximate surface area is 199 Å². The normalized spacial score (nSPS) is 10.7. The summed E-state index contributed by atoms with van der Waals surface area (Å²) < 4.78 is 22.7. The van der Waals surface area contributed by atoms with Crippen molar-refractivity contribution in [3.05, 3.63) is 59.9 Å². The van der Waals surface area contributed by atoms with E-state index in [1.165, 1.54) is 44.8 Å². The number of hydrogen-bond acceptors (Lipinski definition) is 8. The molecule has 9 nitrogen and oxygen atoms in total. The molecule has 0 spiro atoms. The number of rotatable bonds is 9. The molecule has 10 heteroatoms. The average molecular weight is 482 g/mol. The molecule has 34 heavy (non-hydrogen) atoms. The van der Waals surface area contributed by atoms with E-state index >= 15 is 0 Å². The molecule has 0 bridgehead atoms. The van der Waals surface area contributed by atoms with Crippen LogP contribution in [0.25, 0.3) is 21.0 Å². The average Bonchev–Trinajstić information content (AvgIpc) is 3.52. The van der Waals surface area contributed by atoms with Crippen LogP contribution >= 0.6 is 11.3 Å². The summed E-state index contributed by atoms with van der Waals surface area (Å²) in [5, 5.41) is 6.08. The van der Waals surface area contributed by atoms with Gasteiger partial charge in [-0.15, -0.1) is 11.3 Å². The molecule has 0 saturated heterocycles. The zero-order valence-corrected chi connectivity index (χ0v) is 19.7. The third-order valence-electron chi connectivity index (χ3n) is 4.96. The van der Waals surface area contributed by atoms with E-state index in [1.54, 1.807) is 6.07 Å². The summed E-state index contributed by atoms with van der Waals surface area (Å²) in [6, 6.07) is 14.5. The van der Waals surface area contributed by atoms with Gasteiger partial charge in [-0.1, -0.05) is 12.1 Å². The molecule has 2 N–H and O–H groups in total. The van der Waals surface area contributed by atoms with Crippen LogP contribution in [0.1, 0.15) is 16.1 Å². The molecule has 0 saturated carbocycles. The van der Waals surface area contributed by atoms with Crippen molar-refractivity contribution < 1.29 is 28.2 Å². The molecule has 0 atom stereocenters. The summed E-state index contributed by atoms with van der Waals surface area (Å²) in [6.07, 6.45) is 0. The fourth-order valence-corrected chi connectivity index (χ4v) is 4.22. The van der Waals surface area contributed by atoms with E-state index in [1.807, 2.05) is 30.3 Å². The molecule has 4 aromatic rings. The Morgan fingerprint density at radius 1 is 0.971 bits per heavy atom. The van der Waals surface area contributed by atoms with E-state index in [2.05, 4.69) is 15.6 Å². The summed E-state index contributed by atoms with van der Waals surface area (Å²) >= 11 is 1.54. The molecule has 0 aliphatic carbocycles. The number of methoxy groups -OCH3 is 3. The van der Waals surface area contributed by atoms with E-state index in [0.29, 0.717) is 28.8 Å². The van der Waals surface area contributed by atoms with Gasteiger partial charge in [-0.25, -0.2) is 4.98 Å². The van der Waals surface area contributed by atoms with E-state index in [0.717, 1.165) is 15.2 Å². The van der Waals surface area contributed by atoms with E-state index < -0.39 is 5.91 Å². The fraction of sp³-hybridized carbons (Fsp3) is 0.208. The van der Waals surface area contributed by atoms with Gasteiger partial charge in [-0.05, 0) is 36.4 Å². The van der Waals surface area contributed by atoms with Crippen LogP contribution in [-0.4, -0.2) is 44.7 Å². The molecular formula is C24H23N3O6S. The molecule has 2 aromatic heterocycles. The fourth-order valence-electron chi connectivity index (χ4n) is 3.29. The number of nitrogens with zero attached hydrogens (tertiary/aromatic N) is 1. The Hall–Kier alpha value is -4.05. The smallest absolute Gasteiger partial charge is 0.251 e. The lowest BCUT2D eigenvalue weighted by Crippen LogP contribution is -2.36. The molecule has 0 aliphatic heterocycles. The van der Waals surface area contributed by atoms with Crippen LogP contribution in [0.5, 0.6) is 17.2 Å². The lowest BCUT2D eigenvalue weighted by molar-refractivity contribution is -0.120. The van der Waals surface area contributed by atoms with Gasteiger partial charge in [0.1, 0.15) is 5.76 Å². The zero-order chi connectivity index (χ0) is 24.1. The molecule has 2 aromatic carbocycles. The van der Waals surface area contributed by atoms with Gasteiger partial charge in [0, 0.05) is 5.56 Å². The number of fused-ring (bicyclic) bond motifs is 1. The van der Waals surface area contributed by atoms with Gasteiger partial charge in [0.25, 0.3) is 5.91 Å². The highest BCUT2D eigenvalue weighted by Crippen LogP contribution is 2.38. The van der Waals surface area contributed by atoms with Crippen molar-refractivity contribution in [1.29, 1.82) is 0 Å². The van der Waals surface area contributed by atoms with Gasteiger partial charge < -0.3 is 29.3 Å². The van der Waals surface area contributed by atoms with Crippen molar-refractivity contribution in [2.75, 3.05) is 27.9 Å². The van der Waals surface area contributed by atoms with Gasteiger partial charge in [-0.3, -0.25) is 9.59 Å². The van der Waals surface area contributed by atoms with Gasteiger partial charge in [0.05, 0.1) is 44.6 Å². The summed E-state index contributed by atoms with van der Waals surface area (Å²) in [5.74, 6) is 1.48. The molecule has 2 heterocycles. The third-order valence-corrected chi connectivity index (χ3v) is 6.01. The number of furan rings is 1. The molecule has 2 amide bonds. The van der Waals surface area contributed by atoms with Crippen molar-refractivity contribution in [2.45, 2.75) is 6.54 Å². The molecule has 0 radical (unpaired) electrons. The maximum atomic E-state index is 12.5. The highest BCUT2D eigenvalue weighted by molar-refractivity contribution is 7.21. The first-order chi connectivity index (χ1) is 16.5. The second-order valence-corrected chi connectivity index (χ2v) is 8.16. The quantitative estimate of drug-likeness (QED) is 0.375. The van der Waals surface area contributed by atoms with Gasteiger partial charge in [-0.2, -0.15) is 0 Å². The predicted octanol–water partition coefficient (Wildman–Crippen LogP) is 3.63. The summed E-state index contributed by atoms with van der Waals surface area (Å²) in [7, 11) is 4.40. The third kappa shape index (κ3) is 4.96. The number of aromatic nitrogens is 1.